The minimum Gasteiger partial charge on any atom is -0.444 e. The molecule has 0 aromatic heterocycles. The molecule has 0 bridgehead atoms. The van der Waals surface area contributed by atoms with Gasteiger partial charge in [0.25, 0.3) is 11.3 Å². The van der Waals surface area contributed by atoms with Gasteiger partial charge in [0.15, 0.2) is 0 Å². The van der Waals surface area contributed by atoms with Crippen LogP contribution in [0.15, 0.2) is 18.2 Å². The molecular formula is C20H25F6N3O5. The van der Waals surface area contributed by atoms with Crippen molar-refractivity contribution < 1.29 is 45.9 Å². The maximum atomic E-state index is 13.2. The van der Waals surface area contributed by atoms with Crippen LogP contribution in [0.3, 0.4) is 0 Å². The Kier molecular flexibility index (Phi) is 7.10. The Morgan fingerprint density at radius 1 is 1.06 bits per heavy atom. The average molecular weight is 501 g/mol. The first-order chi connectivity index (χ1) is 15.2. The number of hydrogen-bond donors (Lipinski definition) is 1. The molecule has 0 spiro atoms. The van der Waals surface area contributed by atoms with Crippen molar-refractivity contribution in [2.75, 3.05) is 18.0 Å². The fourth-order valence-electron chi connectivity index (χ4n) is 3.66. The number of amides is 1. The van der Waals surface area contributed by atoms with Gasteiger partial charge in [-0.3, -0.25) is 10.1 Å². The van der Waals surface area contributed by atoms with Crippen molar-refractivity contribution in [3.8, 4) is 0 Å². The molecular weight excluding hydrogens is 476 g/mol. The summed E-state index contributed by atoms with van der Waals surface area (Å²) in [6.45, 7) is 8.24. The van der Waals surface area contributed by atoms with Crippen molar-refractivity contribution in [3.63, 3.8) is 0 Å². The number of ether oxygens (including phenoxy) is 1. The van der Waals surface area contributed by atoms with Crippen LogP contribution >= 0.6 is 0 Å². The number of rotatable bonds is 3. The molecule has 14 heteroatoms. The number of aliphatic hydroxyl groups is 1. The number of piperazine rings is 1. The van der Waals surface area contributed by atoms with E-state index in [0.717, 1.165) is 6.07 Å². The van der Waals surface area contributed by atoms with E-state index in [0.29, 0.717) is 6.07 Å². The van der Waals surface area contributed by atoms with E-state index in [2.05, 4.69) is 0 Å². The Hall–Kier alpha value is -2.77. The lowest BCUT2D eigenvalue weighted by Crippen LogP contribution is -2.59. The summed E-state index contributed by atoms with van der Waals surface area (Å²) in [6.07, 6.45) is -13.0. The molecule has 1 aromatic carbocycles. The highest BCUT2D eigenvalue weighted by Gasteiger charge is 2.71. The molecule has 0 radical (unpaired) electrons. The van der Waals surface area contributed by atoms with Crippen molar-refractivity contribution in [1.29, 1.82) is 0 Å². The molecule has 1 saturated heterocycles. The van der Waals surface area contributed by atoms with Crippen LogP contribution in [0.2, 0.25) is 0 Å². The SMILES string of the molecule is C[C@@H]1CN(C(=O)OC(C)(C)C)[C@@H](C)CN1c1ccc(C(O)(C(F)(F)F)C(F)(F)F)cc1[N+](=O)[O-]. The van der Waals surface area contributed by atoms with Crippen LogP contribution < -0.4 is 4.90 Å². The Balaban J connectivity index is 2.48. The predicted octanol–water partition coefficient (Wildman–Crippen LogP) is 4.74. The lowest BCUT2D eigenvalue weighted by atomic mass is 9.91. The normalized spacial score (nSPS) is 20.4. The van der Waals surface area contributed by atoms with Crippen LogP contribution in [0.5, 0.6) is 0 Å². The number of nitrogens with zero attached hydrogens (tertiary/aromatic N) is 3. The zero-order chi connectivity index (χ0) is 26.4. The highest BCUT2D eigenvalue weighted by atomic mass is 19.4. The molecule has 192 valence electrons. The molecule has 0 aliphatic carbocycles. The van der Waals surface area contributed by atoms with Gasteiger partial charge in [-0.2, -0.15) is 26.3 Å². The highest BCUT2D eigenvalue weighted by Crippen LogP contribution is 2.51. The number of carbonyl (C=O) groups is 1. The molecule has 2 rings (SSSR count). The average Bonchev–Trinajstić information content (AvgIpc) is 2.65. The number of halogens is 6. The lowest BCUT2D eigenvalue weighted by molar-refractivity contribution is -0.386. The number of alkyl halides is 6. The van der Waals surface area contributed by atoms with Crippen LogP contribution in [0, 0.1) is 10.1 Å². The Bertz CT molecular complexity index is 930. The number of nitro benzene ring substituents is 1. The fourth-order valence-corrected chi connectivity index (χ4v) is 3.66. The molecule has 0 unspecified atom stereocenters. The molecule has 1 aliphatic heterocycles. The van der Waals surface area contributed by atoms with Crippen molar-refractivity contribution in [1.82, 2.24) is 4.90 Å². The molecule has 8 nitrogen and oxygen atoms in total. The van der Waals surface area contributed by atoms with Crippen molar-refractivity contribution in [2.45, 2.75) is 70.3 Å². The summed E-state index contributed by atoms with van der Waals surface area (Å²) in [4.78, 5) is 25.8. The van der Waals surface area contributed by atoms with Gasteiger partial charge in [0, 0.05) is 36.8 Å². The third-order valence-corrected chi connectivity index (χ3v) is 5.33. The minimum atomic E-state index is -6.18. The fraction of sp³-hybridized carbons (Fsp3) is 0.650. The highest BCUT2D eigenvalue weighted by molar-refractivity contribution is 5.71. The van der Waals surface area contributed by atoms with Crippen LogP contribution in [-0.4, -0.2) is 64.1 Å². The number of hydrogen-bond acceptors (Lipinski definition) is 6. The third kappa shape index (κ3) is 5.15. The second-order valence-electron chi connectivity index (χ2n) is 9.15. The third-order valence-electron chi connectivity index (χ3n) is 5.33. The monoisotopic (exact) mass is 501 g/mol. The predicted molar refractivity (Wildman–Crippen MR) is 108 cm³/mol. The zero-order valence-corrected chi connectivity index (χ0v) is 19.0. The van der Waals surface area contributed by atoms with Gasteiger partial charge in [-0.1, -0.05) is 6.07 Å². The van der Waals surface area contributed by atoms with Crippen LogP contribution in [0.4, 0.5) is 42.5 Å². The molecule has 1 aromatic rings. The summed E-state index contributed by atoms with van der Waals surface area (Å²) < 4.78 is 84.7. The van der Waals surface area contributed by atoms with Gasteiger partial charge in [0.2, 0.25) is 0 Å². The molecule has 1 heterocycles. The van der Waals surface area contributed by atoms with Crippen molar-refractivity contribution >= 4 is 17.5 Å². The van der Waals surface area contributed by atoms with Crippen molar-refractivity contribution in [2.24, 2.45) is 0 Å². The van der Waals surface area contributed by atoms with Gasteiger partial charge in [-0.25, -0.2) is 4.79 Å². The summed E-state index contributed by atoms with van der Waals surface area (Å²) >= 11 is 0. The van der Waals surface area contributed by atoms with Gasteiger partial charge < -0.3 is 19.6 Å². The molecule has 1 N–H and O–H groups in total. The molecule has 0 saturated carbocycles. The van der Waals surface area contributed by atoms with Crippen LogP contribution in [0.25, 0.3) is 0 Å². The summed E-state index contributed by atoms with van der Waals surface area (Å²) in [5, 5.41) is 21.2. The second kappa shape index (κ2) is 8.78. The first-order valence-electron chi connectivity index (χ1n) is 10.1. The maximum absolute atomic E-state index is 13.2. The van der Waals surface area contributed by atoms with Gasteiger partial charge >= 0.3 is 18.4 Å². The molecule has 1 amide bonds. The van der Waals surface area contributed by atoms with Gasteiger partial charge in [-0.15, -0.1) is 0 Å². The van der Waals surface area contributed by atoms with Crippen molar-refractivity contribution in [3.05, 3.63) is 33.9 Å². The largest absolute Gasteiger partial charge is 0.444 e. The van der Waals surface area contributed by atoms with E-state index in [1.807, 2.05) is 0 Å². The lowest BCUT2D eigenvalue weighted by Gasteiger charge is -2.45. The minimum absolute atomic E-state index is 0.0105. The molecule has 2 atom stereocenters. The smallest absolute Gasteiger partial charge is 0.430 e. The summed E-state index contributed by atoms with van der Waals surface area (Å²) in [7, 11) is 0. The van der Waals surface area contributed by atoms with E-state index >= 15 is 0 Å². The number of anilines is 1. The zero-order valence-electron chi connectivity index (χ0n) is 19.0. The Morgan fingerprint density at radius 3 is 2.03 bits per heavy atom. The molecule has 1 fully saturated rings. The maximum Gasteiger partial charge on any atom is 0.430 e. The summed E-state index contributed by atoms with van der Waals surface area (Å²) in [5.74, 6) is 0. The van der Waals surface area contributed by atoms with E-state index in [-0.39, 0.29) is 24.8 Å². The summed E-state index contributed by atoms with van der Waals surface area (Å²) in [5.41, 5.74) is -9.09. The van der Waals surface area contributed by atoms with Gasteiger partial charge in [-0.05, 0) is 40.7 Å². The number of carbonyl (C=O) groups excluding carboxylic acids is 1. The Labute approximate surface area is 191 Å². The van der Waals surface area contributed by atoms with E-state index < -0.39 is 57.9 Å². The first kappa shape index (κ1) is 27.5. The van der Waals surface area contributed by atoms with E-state index in [9.17, 15) is 46.4 Å². The van der Waals surface area contributed by atoms with Gasteiger partial charge in [0.05, 0.1) is 4.92 Å². The standard InChI is InChI=1S/C20H25F6N3O5/c1-11-10-28(16(30)34-17(3,4)5)12(2)9-27(11)14-7-6-13(8-15(14)29(32)33)18(31,19(21,22)23)20(24,25)26/h6-8,11-12,31H,9-10H2,1-5H3/t11-,12+/m1/s1. The van der Waals surface area contributed by atoms with E-state index in [1.165, 1.54) is 9.80 Å². The second-order valence-corrected chi connectivity index (χ2v) is 9.15. The van der Waals surface area contributed by atoms with Crippen LogP contribution in [0.1, 0.15) is 40.2 Å². The quantitative estimate of drug-likeness (QED) is 0.365. The number of nitro groups is 1. The van der Waals surface area contributed by atoms with Crippen LogP contribution in [-0.2, 0) is 10.3 Å². The first-order valence-corrected chi connectivity index (χ1v) is 10.1. The van der Waals surface area contributed by atoms with E-state index in [1.54, 1.807) is 34.6 Å². The Morgan fingerprint density at radius 2 is 1.59 bits per heavy atom. The summed E-state index contributed by atoms with van der Waals surface area (Å²) in [6, 6.07) is 0.0296. The molecule has 34 heavy (non-hydrogen) atoms. The van der Waals surface area contributed by atoms with E-state index in [4.69, 9.17) is 4.74 Å². The topological polar surface area (TPSA) is 96.2 Å². The molecule has 1 aliphatic rings. The number of benzene rings is 1. The van der Waals surface area contributed by atoms with Gasteiger partial charge in [0.1, 0.15) is 11.3 Å².